The van der Waals surface area contributed by atoms with Crippen LogP contribution in [-0.2, 0) is 14.3 Å². The molecule has 1 N–H and O–H groups in total. The summed E-state index contributed by atoms with van der Waals surface area (Å²) in [5, 5.41) is 2.71. The highest BCUT2D eigenvalue weighted by atomic mass is 16.5. The van der Waals surface area contributed by atoms with Gasteiger partial charge in [0.25, 0.3) is 0 Å². The van der Waals surface area contributed by atoms with Gasteiger partial charge in [0.05, 0.1) is 7.11 Å². The molecule has 0 aliphatic carbocycles. The molecule has 12 heavy (non-hydrogen) atoms. The minimum Gasteiger partial charge on any atom is -0.469 e. The lowest BCUT2D eigenvalue weighted by Crippen LogP contribution is -2.34. The first-order chi connectivity index (χ1) is 5.72. The van der Waals surface area contributed by atoms with Gasteiger partial charge in [-0.05, 0) is 12.3 Å². The Labute approximate surface area is 71.3 Å². The maximum Gasteiger partial charge on any atom is 0.305 e. The van der Waals surface area contributed by atoms with E-state index in [1.165, 1.54) is 7.11 Å². The van der Waals surface area contributed by atoms with Gasteiger partial charge in [-0.2, -0.15) is 0 Å². The van der Waals surface area contributed by atoms with Gasteiger partial charge in [0, 0.05) is 19.4 Å². The minimum atomic E-state index is -0.227. The Hall–Kier alpha value is -1.06. The van der Waals surface area contributed by atoms with Gasteiger partial charge in [-0.1, -0.05) is 0 Å². The Kier molecular flexibility index (Phi) is 3.08. The standard InChI is InChI=1S/C8H13NO3/c1-12-8(11)5-6-2-3-9-7(10)4-6/h6H,2-5H2,1H3,(H,9,10). The number of piperidine rings is 1. The molecule has 4 nitrogen and oxygen atoms in total. The van der Waals surface area contributed by atoms with Gasteiger partial charge < -0.3 is 10.1 Å². The molecule has 0 spiro atoms. The molecule has 1 heterocycles. The molecule has 1 saturated heterocycles. The van der Waals surface area contributed by atoms with Crippen molar-refractivity contribution in [3.63, 3.8) is 0 Å². The predicted molar refractivity (Wildman–Crippen MR) is 42.4 cm³/mol. The first-order valence-electron chi connectivity index (χ1n) is 4.06. The van der Waals surface area contributed by atoms with Crippen molar-refractivity contribution in [2.45, 2.75) is 19.3 Å². The van der Waals surface area contributed by atoms with Crippen molar-refractivity contribution in [1.82, 2.24) is 5.32 Å². The van der Waals surface area contributed by atoms with Crippen molar-refractivity contribution in [2.24, 2.45) is 5.92 Å². The third-order valence-electron chi connectivity index (χ3n) is 2.03. The van der Waals surface area contributed by atoms with Crippen molar-refractivity contribution in [2.75, 3.05) is 13.7 Å². The molecular weight excluding hydrogens is 158 g/mol. The van der Waals surface area contributed by atoms with Crippen molar-refractivity contribution < 1.29 is 14.3 Å². The second kappa shape index (κ2) is 4.09. The summed E-state index contributed by atoms with van der Waals surface area (Å²) >= 11 is 0. The molecular formula is C8H13NO3. The van der Waals surface area contributed by atoms with Crippen molar-refractivity contribution in [3.8, 4) is 0 Å². The summed E-state index contributed by atoms with van der Waals surface area (Å²) in [7, 11) is 1.37. The summed E-state index contributed by atoms with van der Waals surface area (Å²) in [5.41, 5.74) is 0. The van der Waals surface area contributed by atoms with Crippen LogP contribution in [0.5, 0.6) is 0 Å². The molecule has 1 fully saturated rings. The van der Waals surface area contributed by atoms with Crippen LogP contribution in [0.4, 0.5) is 0 Å². The first kappa shape index (κ1) is 9.03. The number of amides is 1. The lowest BCUT2D eigenvalue weighted by Gasteiger charge is -2.20. The number of hydrogen-bond acceptors (Lipinski definition) is 3. The molecule has 1 rings (SSSR count). The number of methoxy groups -OCH3 is 1. The number of carbonyl (C=O) groups is 2. The molecule has 0 aromatic rings. The van der Waals surface area contributed by atoms with Gasteiger partial charge in [0.1, 0.15) is 0 Å². The molecule has 4 heteroatoms. The average molecular weight is 171 g/mol. The Morgan fingerprint density at radius 2 is 2.50 bits per heavy atom. The maximum atomic E-state index is 10.9. The molecule has 1 aliphatic rings. The fraction of sp³-hybridized carbons (Fsp3) is 0.750. The fourth-order valence-electron chi connectivity index (χ4n) is 1.35. The molecule has 1 atom stereocenters. The Balaban J connectivity index is 2.32. The monoisotopic (exact) mass is 171 g/mol. The highest BCUT2D eigenvalue weighted by Crippen LogP contribution is 2.16. The van der Waals surface area contributed by atoms with E-state index in [0.717, 1.165) is 6.42 Å². The summed E-state index contributed by atoms with van der Waals surface area (Å²) in [4.78, 5) is 21.7. The number of esters is 1. The summed E-state index contributed by atoms with van der Waals surface area (Å²) in [6.07, 6.45) is 1.69. The number of carbonyl (C=O) groups excluding carboxylic acids is 2. The van der Waals surface area contributed by atoms with Crippen LogP contribution in [0.15, 0.2) is 0 Å². The van der Waals surface area contributed by atoms with Crippen LogP contribution in [0.1, 0.15) is 19.3 Å². The van der Waals surface area contributed by atoms with Gasteiger partial charge in [0.2, 0.25) is 5.91 Å². The van der Waals surface area contributed by atoms with E-state index in [0.29, 0.717) is 19.4 Å². The van der Waals surface area contributed by atoms with Crippen LogP contribution >= 0.6 is 0 Å². The molecule has 1 amide bonds. The molecule has 0 aromatic carbocycles. The predicted octanol–water partition coefficient (Wildman–Crippen LogP) is 0.0757. The lowest BCUT2D eigenvalue weighted by molar-refractivity contribution is -0.142. The van der Waals surface area contributed by atoms with Crippen LogP contribution in [0.3, 0.4) is 0 Å². The highest BCUT2D eigenvalue weighted by Gasteiger charge is 2.21. The van der Waals surface area contributed by atoms with Crippen molar-refractivity contribution in [1.29, 1.82) is 0 Å². The number of rotatable bonds is 2. The van der Waals surface area contributed by atoms with E-state index < -0.39 is 0 Å². The maximum absolute atomic E-state index is 10.9. The van der Waals surface area contributed by atoms with Crippen LogP contribution in [0.2, 0.25) is 0 Å². The molecule has 1 aliphatic heterocycles. The van der Waals surface area contributed by atoms with E-state index in [2.05, 4.69) is 10.1 Å². The van der Waals surface area contributed by atoms with Crippen LogP contribution < -0.4 is 5.32 Å². The van der Waals surface area contributed by atoms with Gasteiger partial charge in [-0.3, -0.25) is 9.59 Å². The van der Waals surface area contributed by atoms with Gasteiger partial charge >= 0.3 is 5.97 Å². The second-order valence-corrected chi connectivity index (χ2v) is 2.99. The SMILES string of the molecule is COC(=O)CC1CCNC(=O)C1. The topological polar surface area (TPSA) is 55.4 Å². The zero-order chi connectivity index (χ0) is 8.97. The summed E-state index contributed by atoms with van der Waals surface area (Å²) in [6, 6.07) is 0. The van der Waals surface area contributed by atoms with E-state index in [4.69, 9.17) is 0 Å². The highest BCUT2D eigenvalue weighted by molar-refractivity contribution is 5.78. The van der Waals surface area contributed by atoms with Gasteiger partial charge in [-0.15, -0.1) is 0 Å². The fourth-order valence-corrected chi connectivity index (χ4v) is 1.35. The number of ether oxygens (including phenoxy) is 1. The first-order valence-corrected chi connectivity index (χ1v) is 4.06. The van der Waals surface area contributed by atoms with Crippen molar-refractivity contribution in [3.05, 3.63) is 0 Å². The molecule has 0 radical (unpaired) electrons. The Morgan fingerprint density at radius 1 is 1.75 bits per heavy atom. The van der Waals surface area contributed by atoms with E-state index >= 15 is 0 Å². The smallest absolute Gasteiger partial charge is 0.305 e. The second-order valence-electron chi connectivity index (χ2n) is 2.99. The summed E-state index contributed by atoms with van der Waals surface area (Å²) in [6.45, 7) is 0.681. The molecule has 68 valence electrons. The van der Waals surface area contributed by atoms with Crippen LogP contribution in [-0.4, -0.2) is 25.5 Å². The lowest BCUT2D eigenvalue weighted by atomic mass is 9.94. The molecule has 0 saturated carbocycles. The van der Waals surface area contributed by atoms with Gasteiger partial charge in [-0.25, -0.2) is 0 Å². The molecule has 0 bridgehead atoms. The van der Waals surface area contributed by atoms with Crippen LogP contribution in [0, 0.1) is 5.92 Å². The third kappa shape index (κ3) is 2.53. The quantitative estimate of drug-likeness (QED) is 0.598. The molecule has 1 unspecified atom stereocenters. The van der Waals surface area contributed by atoms with Gasteiger partial charge in [0.15, 0.2) is 0 Å². The summed E-state index contributed by atoms with van der Waals surface area (Å²) in [5.74, 6) is -0.0175. The normalized spacial score (nSPS) is 23.1. The average Bonchev–Trinajstić information content (AvgIpc) is 2.04. The molecule has 0 aromatic heterocycles. The zero-order valence-electron chi connectivity index (χ0n) is 7.13. The van der Waals surface area contributed by atoms with E-state index in [-0.39, 0.29) is 17.8 Å². The Bertz CT molecular complexity index is 191. The van der Waals surface area contributed by atoms with Crippen molar-refractivity contribution >= 4 is 11.9 Å². The largest absolute Gasteiger partial charge is 0.469 e. The Morgan fingerprint density at radius 3 is 3.08 bits per heavy atom. The zero-order valence-corrected chi connectivity index (χ0v) is 7.13. The number of nitrogens with one attached hydrogen (secondary N) is 1. The van der Waals surface area contributed by atoms with E-state index in [1.54, 1.807) is 0 Å². The summed E-state index contributed by atoms with van der Waals surface area (Å²) < 4.78 is 4.52. The number of hydrogen-bond donors (Lipinski definition) is 1. The third-order valence-corrected chi connectivity index (χ3v) is 2.03. The van der Waals surface area contributed by atoms with E-state index in [1.807, 2.05) is 0 Å². The van der Waals surface area contributed by atoms with E-state index in [9.17, 15) is 9.59 Å². The minimum absolute atomic E-state index is 0.0372. The van der Waals surface area contributed by atoms with Crippen LogP contribution in [0.25, 0.3) is 0 Å².